The van der Waals surface area contributed by atoms with Gasteiger partial charge in [-0.15, -0.1) is 0 Å². The van der Waals surface area contributed by atoms with Crippen molar-refractivity contribution in [3.8, 4) is 0 Å². The number of aliphatic hydroxyl groups is 1. The molecule has 0 unspecified atom stereocenters. The molecule has 0 saturated carbocycles. The molecule has 0 bridgehead atoms. The van der Waals surface area contributed by atoms with Gasteiger partial charge in [-0.1, -0.05) is 29.8 Å². The largest absolute Gasteiger partial charge is 0.465 e. The number of hydrogen-bond donors (Lipinski definition) is 2. The van der Waals surface area contributed by atoms with Crippen molar-refractivity contribution in [2.24, 2.45) is 0 Å². The third-order valence-corrected chi connectivity index (χ3v) is 7.20. The topological polar surface area (TPSA) is 148 Å². The van der Waals surface area contributed by atoms with Gasteiger partial charge in [0.1, 0.15) is 0 Å². The van der Waals surface area contributed by atoms with E-state index in [1.54, 1.807) is 37.5 Å². The van der Waals surface area contributed by atoms with Crippen LogP contribution in [0.15, 0.2) is 82.8 Å². The van der Waals surface area contributed by atoms with Gasteiger partial charge in [0.2, 0.25) is 0 Å². The lowest BCUT2D eigenvalue weighted by molar-refractivity contribution is 0.0600. The van der Waals surface area contributed by atoms with Crippen molar-refractivity contribution in [1.82, 2.24) is 4.98 Å². The Morgan fingerprint density at radius 1 is 0.943 bits per heavy atom. The number of nitrogens with zero attached hydrogens (tertiary/aromatic N) is 1. The lowest BCUT2D eigenvalue weighted by Gasteiger charge is -2.08. The van der Waals surface area contributed by atoms with Gasteiger partial charge in [-0.05, 0) is 62.2 Å². The highest BCUT2D eigenvalue weighted by Crippen LogP contribution is 2.19. The van der Waals surface area contributed by atoms with E-state index in [4.69, 9.17) is 9.66 Å². The first-order valence-electron chi connectivity index (χ1n) is 10.3. The van der Waals surface area contributed by atoms with E-state index in [-0.39, 0.29) is 34.1 Å². The summed E-state index contributed by atoms with van der Waals surface area (Å²) in [6, 6.07) is 16.1. The molecule has 0 amide bonds. The molecule has 0 aliphatic heterocycles. The van der Waals surface area contributed by atoms with E-state index in [0.29, 0.717) is 5.56 Å². The number of esters is 1. The average Bonchev–Trinajstić information content (AvgIpc) is 2.84. The van der Waals surface area contributed by atoms with Crippen molar-refractivity contribution in [2.75, 3.05) is 19.5 Å². The fourth-order valence-corrected chi connectivity index (χ4v) is 4.64. The number of ether oxygens (including phenoxy) is 1. The highest BCUT2D eigenvalue weighted by atomic mass is 32.2. The summed E-state index contributed by atoms with van der Waals surface area (Å²) in [6.45, 7) is 3.32. The van der Waals surface area contributed by atoms with Crippen LogP contribution < -0.4 is 0 Å². The van der Waals surface area contributed by atoms with Crippen molar-refractivity contribution in [3.63, 3.8) is 0 Å². The third kappa shape index (κ3) is 10.8. The standard InChI is InChI=1S/C12H16O5S.C7H8O3S.C5H5N/c1-9-4-5-10(12(14)17-2)8-11(9)18(15,16)7-3-6-13;1-6-2-4-7(5-3-6)11(8,9)10;1-2-4-6-5-3-1/h4-5,8,13H,3,6-7H2,1-2H3;2-5H,1H3,(H,8,9,10);1-5H. The average molecular weight is 524 g/mol. The van der Waals surface area contributed by atoms with Crippen LogP contribution in [0.25, 0.3) is 0 Å². The fraction of sp³-hybridized carbons (Fsp3) is 0.250. The van der Waals surface area contributed by atoms with Gasteiger partial charge >= 0.3 is 5.97 Å². The number of hydrogen-bond acceptors (Lipinski definition) is 8. The van der Waals surface area contributed by atoms with Crippen LogP contribution in [-0.4, -0.2) is 56.9 Å². The lowest BCUT2D eigenvalue weighted by atomic mass is 10.1. The number of rotatable bonds is 6. The maximum absolute atomic E-state index is 12.0. The summed E-state index contributed by atoms with van der Waals surface area (Å²) in [4.78, 5) is 15.2. The SMILES string of the molecule is COC(=O)c1ccc(C)c(S(=O)(=O)CCCO)c1.Cc1ccc(S(=O)(=O)O)cc1.c1ccncc1. The number of benzene rings is 2. The number of pyridine rings is 1. The van der Waals surface area contributed by atoms with Crippen molar-refractivity contribution < 1.29 is 36.0 Å². The van der Waals surface area contributed by atoms with Gasteiger partial charge in [-0.3, -0.25) is 9.54 Å². The Labute approximate surface area is 206 Å². The molecule has 2 N–H and O–H groups in total. The highest BCUT2D eigenvalue weighted by molar-refractivity contribution is 7.91. The van der Waals surface area contributed by atoms with E-state index in [1.807, 2.05) is 25.1 Å². The van der Waals surface area contributed by atoms with Crippen LogP contribution in [0.3, 0.4) is 0 Å². The van der Waals surface area contributed by atoms with Crippen molar-refractivity contribution in [2.45, 2.75) is 30.1 Å². The van der Waals surface area contributed by atoms with Crippen LogP contribution >= 0.6 is 0 Å². The first-order valence-corrected chi connectivity index (χ1v) is 13.4. The molecule has 35 heavy (non-hydrogen) atoms. The summed E-state index contributed by atoms with van der Waals surface area (Å²) in [5.41, 5.74) is 1.73. The minimum atomic E-state index is -4.02. The van der Waals surface area contributed by atoms with Gasteiger partial charge in [0, 0.05) is 19.0 Å². The van der Waals surface area contributed by atoms with E-state index in [9.17, 15) is 21.6 Å². The van der Waals surface area contributed by atoms with Gasteiger partial charge in [-0.2, -0.15) is 8.42 Å². The zero-order chi connectivity index (χ0) is 26.5. The van der Waals surface area contributed by atoms with Crippen LogP contribution in [0.1, 0.15) is 27.9 Å². The predicted molar refractivity (Wildman–Crippen MR) is 132 cm³/mol. The molecule has 0 aliphatic carbocycles. The zero-order valence-corrected chi connectivity index (χ0v) is 21.3. The molecule has 0 saturated heterocycles. The molecule has 0 spiro atoms. The van der Waals surface area contributed by atoms with Gasteiger partial charge in [-0.25, -0.2) is 13.2 Å². The van der Waals surface area contributed by atoms with Crippen molar-refractivity contribution in [1.29, 1.82) is 0 Å². The second-order valence-electron chi connectivity index (χ2n) is 7.18. The Kier molecular flexibility index (Phi) is 12.2. The quantitative estimate of drug-likeness (QED) is 0.367. The number of carbonyl (C=O) groups is 1. The zero-order valence-electron chi connectivity index (χ0n) is 19.7. The fourth-order valence-electron chi connectivity index (χ4n) is 2.57. The molecular formula is C24H29NO8S2. The second-order valence-corrected chi connectivity index (χ2v) is 10.7. The Balaban J connectivity index is 0.000000302. The number of carbonyl (C=O) groups excluding carboxylic acids is 1. The monoisotopic (exact) mass is 523 g/mol. The number of methoxy groups -OCH3 is 1. The summed E-state index contributed by atoms with van der Waals surface area (Å²) < 4.78 is 58.1. The number of sulfone groups is 1. The molecule has 0 radical (unpaired) electrons. The smallest absolute Gasteiger partial charge is 0.337 e. The van der Waals surface area contributed by atoms with E-state index in [0.717, 1.165) is 5.56 Å². The molecule has 1 aromatic heterocycles. The minimum Gasteiger partial charge on any atom is -0.465 e. The Bertz CT molecular complexity index is 1250. The molecule has 3 rings (SSSR count). The Morgan fingerprint density at radius 2 is 1.54 bits per heavy atom. The molecular weight excluding hydrogens is 494 g/mol. The molecule has 190 valence electrons. The van der Waals surface area contributed by atoms with Gasteiger partial charge in [0.25, 0.3) is 10.1 Å². The maximum Gasteiger partial charge on any atom is 0.337 e. The number of aryl methyl sites for hydroxylation is 2. The minimum absolute atomic E-state index is 0.0666. The molecule has 1 heterocycles. The second kappa shape index (κ2) is 14.3. The van der Waals surface area contributed by atoms with Crippen molar-refractivity contribution in [3.05, 3.63) is 89.7 Å². The molecule has 0 aliphatic rings. The van der Waals surface area contributed by atoms with Crippen LogP contribution in [0.2, 0.25) is 0 Å². The number of aliphatic hydroxyl groups excluding tert-OH is 1. The van der Waals surface area contributed by atoms with Crippen molar-refractivity contribution >= 4 is 25.9 Å². The lowest BCUT2D eigenvalue weighted by Crippen LogP contribution is -2.11. The summed E-state index contributed by atoms with van der Waals surface area (Å²) in [5, 5.41) is 8.69. The van der Waals surface area contributed by atoms with E-state index < -0.39 is 25.9 Å². The first kappa shape index (κ1) is 29.9. The normalized spacial score (nSPS) is 10.8. The summed E-state index contributed by atoms with van der Waals surface area (Å²) in [5.74, 6) is -0.719. The molecule has 2 aromatic carbocycles. The molecule has 9 nitrogen and oxygen atoms in total. The summed E-state index contributed by atoms with van der Waals surface area (Å²) in [6.07, 6.45) is 3.67. The first-order chi connectivity index (χ1) is 16.4. The van der Waals surface area contributed by atoms with Crippen LogP contribution in [0.5, 0.6) is 0 Å². The predicted octanol–water partition coefficient (Wildman–Crippen LogP) is 3.26. The van der Waals surface area contributed by atoms with Crippen LogP contribution in [-0.2, 0) is 24.7 Å². The molecule has 3 aromatic rings. The van der Waals surface area contributed by atoms with Gasteiger partial charge in [0.15, 0.2) is 9.84 Å². The summed E-state index contributed by atoms with van der Waals surface area (Å²) in [7, 11) is -6.27. The highest BCUT2D eigenvalue weighted by Gasteiger charge is 2.19. The molecule has 0 fully saturated rings. The van der Waals surface area contributed by atoms with Gasteiger partial charge < -0.3 is 9.84 Å². The maximum atomic E-state index is 12.0. The van der Waals surface area contributed by atoms with Crippen LogP contribution in [0.4, 0.5) is 0 Å². The van der Waals surface area contributed by atoms with Crippen LogP contribution in [0, 0.1) is 13.8 Å². The summed E-state index contributed by atoms with van der Waals surface area (Å²) >= 11 is 0. The molecule has 0 atom stereocenters. The molecule has 11 heteroatoms. The van der Waals surface area contributed by atoms with Gasteiger partial charge in [0.05, 0.1) is 28.2 Å². The number of aromatic nitrogens is 1. The van der Waals surface area contributed by atoms with E-state index in [2.05, 4.69) is 9.72 Å². The Morgan fingerprint density at radius 3 is 1.97 bits per heavy atom. The van der Waals surface area contributed by atoms with E-state index >= 15 is 0 Å². The Hall–Kier alpha value is -3.12. The van der Waals surface area contributed by atoms with E-state index in [1.165, 1.54) is 31.4 Å². The third-order valence-electron chi connectivity index (χ3n) is 4.40.